The van der Waals surface area contributed by atoms with E-state index in [4.69, 9.17) is 11.6 Å². The van der Waals surface area contributed by atoms with Crippen LogP contribution in [0, 0.1) is 5.82 Å². The van der Waals surface area contributed by atoms with Crippen LogP contribution >= 0.6 is 11.6 Å². The molecule has 0 aliphatic rings. The van der Waals surface area contributed by atoms with Crippen LogP contribution in [0.2, 0.25) is 5.02 Å². The lowest BCUT2D eigenvalue weighted by Gasteiger charge is -2.09. The quantitative estimate of drug-likeness (QED) is 0.866. The molecule has 0 fully saturated rings. The van der Waals surface area contributed by atoms with Gasteiger partial charge in [0.2, 0.25) is 0 Å². The highest BCUT2D eigenvalue weighted by molar-refractivity contribution is 7.92. The molecule has 2 aromatic carbocycles. The average Bonchev–Trinajstić information content (AvgIpc) is 2.50. The molecule has 2 aromatic rings. The number of anilines is 1. The highest BCUT2D eigenvalue weighted by Crippen LogP contribution is 2.22. The number of ether oxygens (including phenoxy) is 1. The number of hydrogen-bond donors (Lipinski definition) is 1. The summed E-state index contributed by atoms with van der Waals surface area (Å²) in [7, 11) is -2.75. The van der Waals surface area contributed by atoms with Crippen LogP contribution in [0.4, 0.5) is 10.1 Å². The smallest absolute Gasteiger partial charge is 0.337 e. The number of sulfonamides is 1. The molecule has 0 amide bonds. The van der Waals surface area contributed by atoms with E-state index in [9.17, 15) is 17.6 Å². The standard InChI is InChI=1S/C14H11ClFNO4S/c1-21-14(18)9-3-2-4-11(7-9)22(19,20)17-10-5-6-13(16)12(15)8-10/h2-8,17H,1H3. The van der Waals surface area contributed by atoms with Crippen LogP contribution < -0.4 is 4.72 Å². The van der Waals surface area contributed by atoms with Crippen molar-refractivity contribution in [2.45, 2.75) is 4.90 Å². The van der Waals surface area contributed by atoms with Gasteiger partial charge in [0.05, 0.1) is 28.3 Å². The third-order valence-corrected chi connectivity index (χ3v) is 4.41. The van der Waals surface area contributed by atoms with Crippen LogP contribution in [-0.2, 0) is 14.8 Å². The Balaban J connectivity index is 2.34. The molecule has 1 N–H and O–H groups in total. The van der Waals surface area contributed by atoms with Crippen molar-refractivity contribution in [3.63, 3.8) is 0 Å². The Kier molecular flexibility index (Phi) is 4.68. The fourth-order valence-corrected chi connectivity index (χ4v) is 2.96. The van der Waals surface area contributed by atoms with Crippen molar-refractivity contribution in [1.82, 2.24) is 0 Å². The lowest BCUT2D eigenvalue weighted by Crippen LogP contribution is -2.14. The minimum absolute atomic E-state index is 0.0995. The maximum absolute atomic E-state index is 13.1. The predicted molar refractivity (Wildman–Crippen MR) is 80.0 cm³/mol. The lowest BCUT2D eigenvalue weighted by atomic mass is 10.2. The summed E-state index contributed by atoms with van der Waals surface area (Å²) in [4.78, 5) is 11.3. The van der Waals surface area contributed by atoms with Gasteiger partial charge in [0.15, 0.2) is 0 Å². The molecule has 0 atom stereocenters. The predicted octanol–water partition coefficient (Wildman–Crippen LogP) is 3.07. The Bertz CT molecular complexity index is 823. The van der Waals surface area contributed by atoms with E-state index in [1.807, 2.05) is 0 Å². The number of esters is 1. The SMILES string of the molecule is COC(=O)c1cccc(S(=O)(=O)Nc2ccc(F)c(Cl)c2)c1. The van der Waals surface area contributed by atoms with Crippen molar-refractivity contribution in [3.8, 4) is 0 Å². The van der Waals surface area contributed by atoms with Crippen molar-refractivity contribution in [3.05, 3.63) is 58.9 Å². The van der Waals surface area contributed by atoms with E-state index in [1.54, 1.807) is 0 Å². The lowest BCUT2D eigenvalue weighted by molar-refractivity contribution is 0.0600. The van der Waals surface area contributed by atoms with Crippen molar-refractivity contribution in [1.29, 1.82) is 0 Å². The second kappa shape index (κ2) is 6.33. The van der Waals surface area contributed by atoms with Crippen LogP contribution in [0.1, 0.15) is 10.4 Å². The second-order valence-corrected chi connectivity index (χ2v) is 6.34. The maximum atomic E-state index is 13.1. The molecule has 0 heterocycles. The van der Waals surface area contributed by atoms with Gasteiger partial charge in [-0.1, -0.05) is 17.7 Å². The number of benzene rings is 2. The fourth-order valence-electron chi connectivity index (χ4n) is 1.68. The topological polar surface area (TPSA) is 72.5 Å². The third kappa shape index (κ3) is 3.55. The summed E-state index contributed by atoms with van der Waals surface area (Å²) < 4.78 is 44.4. The zero-order valence-corrected chi connectivity index (χ0v) is 12.9. The molecule has 2 rings (SSSR count). The summed E-state index contributed by atoms with van der Waals surface area (Å²) in [5.74, 6) is -1.31. The Morgan fingerprint density at radius 3 is 2.59 bits per heavy atom. The number of halogens is 2. The van der Waals surface area contributed by atoms with Gasteiger partial charge in [-0.15, -0.1) is 0 Å². The zero-order chi connectivity index (χ0) is 16.3. The Labute approximate surface area is 131 Å². The first-order valence-electron chi connectivity index (χ1n) is 6.00. The summed E-state index contributed by atoms with van der Waals surface area (Å²) in [5.41, 5.74) is 0.206. The Morgan fingerprint density at radius 2 is 1.95 bits per heavy atom. The molecule has 0 aromatic heterocycles. The van der Waals surface area contributed by atoms with E-state index in [-0.39, 0.29) is 21.2 Å². The van der Waals surface area contributed by atoms with Gasteiger partial charge in [-0.25, -0.2) is 17.6 Å². The number of methoxy groups -OCH3 is 1. The van der Waals surface area contributed by atoms with Gasteiger partial charge in [-0.05, 0) is 36.4 Å². The largest absolute Gasteiger partial charge is 0.465 e. The van der Waals surface area contributed by atoms with Gasteiger partial charge in [0, 0.05) is 0 Å². The average molecular weight is 344 g/mol. The number of carbonyl (C=O) groups is 1. The first-order chi connectivity index (χ1) is 10.3. The van der Waals surface area contributed by atoms with Gasteiger partial charge in [0.25, 0.3) is 10.0 Å². The normalized spacial score (nSPS) is 11.0. The van der Waals surface area contributed by atoms with E-state index < -0.39 is 21.8 Å². The van der Waals surface area contributed by atoms with Crippen LogP contribution in [0.3, 0.4) is 0 Å². The molecule has 116 valence electrons. The molecule has 0 aliphatic heterocycles. The molecule has 5 nitrogen and oxygen atoms in total. The third-order valence-electron chi connectivity index (χ3n) is 2.74. The fraction of sp³-hybridized carbons (Fsp3) is 0.0714. The maximum Gasteiger partial charge on any atom is 0.337 e. The highest BCUT2D eigenvalue weighted by atomic mass is 35.5. The molecule has 0 aliphatic carbocycles. The van der Waals surface area contributed by atoms with Crippen molar-refractivity contribution >= 4 is 33.3 Å². The molecule has 0 spiro atoms. The zero-order valence-electron chi connectivity index (χ0n) is 11.3. The molecule has 0 saturated carbocycles. The van der Waals surface area contributed by atoms with Gasteiger partial charge in [-0.3, -0.25) is 4.72 Å². The number of hydrogen-bond acceptors (Lipinski definition) is 4. The Morgan fingerprint density at radius 1 is 1.23 bits per heavy atom. The number of carbonyl (C=O) groups excluding carboxylic acids is 1. The van der Waals surface area contributed by atoms with Gasteiger partial charge >= 0.3 is 5.97 Å². The minimum atomic E-state index is -3.95. The van der Waals surface area contributed by atoms with Crippen LogP contribution in [-0.4, -0.2) is 21.5 Å². The van der Waals surface area contributed by atoms with Crippen molar-refractivity contribution in [2.75, 3.05) is 11.8 Å². The molecule has 0 bridgehead atoms. The van der Waals surface area contributed by atoms with E-state index >= 15 is 0 Å². The van der Waals surface area contributed by atoms with Crippen LogP contribution in [0.15, 0.2) is 47.4 Å². The van der Waals surface area contributed by atoms with Gasteiger partial charge in [-0.2, -0.15) is 0 Å². The summed E-state index contributed by atoms with van der Waals surface area (Å²) in [6, 6.07) is 8.78. The summed E-state index contributed by atoms with van der Waals surface area (Å²) in [5, 5.41) is -0.205. The van der Waals surface area contributed by atoms with Gasteiger partial charge < -0.3 is 4.74 Å². The molecule has 8 heteroatoms. The number of rotatable bonds is 4. The van der Waals surface area contributed by atoms with Gasteiger partial charge in [0.1, 0.15) is 5.82 Å². The molecule has 0 radical (unpaired) electrons. The summed E-state index contributed by atoms with van der Waals surface area (Å²) in [6.07, 6.45) is 0. The van der Waals surface area contributed by atoms with E-state index in [0.29, 0.717) is 0 Å². The van der Waals surface area contributed by atoms with E-state index in [0.717, 1.165) is 12.1 Å². The monoisotopic (exact) mass is 343 g/mol. The number of nitrogens with one attached hydrogen (secondary N) is 1. The Hall–Kier alpha value is -2.12. The van der Waals surface area contributed by atoms with Crippen molar-refractivity contribution in [2.24, 2.45) is 0 Å². The van der Waals surface area contributed by atoms with E-state index in [1.165, 1.54) is 37.4 Å². The second-order valence-electron chi connectivity index (χ2n) is 4.25. The first kappa shape index (κ1) is 16.3. The van der Waals surface area contributed by atoms with Crippen molar-refractivity contribution < 1.29 is 22.3 Å². The summed E-state index contributed by atoms with van der Waals surface area (Å²) >= 11 is 5.60. The molecular formula is C14H11ClFNO4S. The van der Waals surface area contributed by atoms with E-state index in [2.05, 4.69) is 9.46 Å². The first-order valence-corrected chi connectivity index (χ1v) is 7.86. The summed E-state index contributed by atoms with van der Waals surface area (Å²) in [6.45, 7) is 0. The molecule has 0 saturated heterocycles. The van der Waals surface area contributed by atoms with Crippen LogP contribution in [0.25, 0.3) is 0 Å². The molecular weight excluding hydrogens is 333 g/mol. The molecule has 22 heavy (non-hydrogen) atoms. The van der Waals surface area contributed by atoms with Crippen LogP contribution in [0.5, 0.6) is 0 Å². The minimum Gasteiger partial charge on any atom is -0.465 e. The highest BCUT2D eigenvalue weighted by Gasteiger charge is 2.17. The molecule has 0 unspecified atom stereocenters.